The molecule has 0 unspecified atom stereocenters. The second kappa shape index (κ2) is 11.8. The molecule has 2 N–H and O–H groups in total. The van der Waals surface area contributed by atoms with Crippen molar-refractivity contribution in [1.29, 1.82) is 0 Å². The van der Waals surface area contributed by atoms with Crippen molar-refractivity contribution in [2.45, 2.75) is 18.9 Å². The first-order valence-corrected chi connectivity index (χ1v) is 13.7. The van der Waals surface area contributed by atoms with E-state index in [0.717, 1.165) is 55.8 Å². The average Bonchev–Trinajstić information content (AvgIpc) is 2.98. The Hall–Kier alpha value is -3.41. The molecule has 11 heteroatoms. The van der Waals surface area contributed by atoms with Crippen LogP contribution in [0.1, 0.15) is 23.2 Å². The molecule has 3 aliphatic heterocycles. The molecule has 1 aromatic heterocycles. The summed E-state index contributed by atoms with van der Waals surface area (Å²) >= 11 is 0. The van der Waals surface area contributed by atoms with Crippen LogP contribution in [-0.4, -0.2) is 100 Å². The minimum absolute atomic E-state index is 0.0102. The average molecular weight is 528 g/mol. The zero-order chi connectivity index (χ0) is 26.6. The number of nitrogens with zero attached hydrogens (tertiary/aromatic N) is 4. The lowest BCUT2D eigenvalue weighted by Crippen LogP contribution is -2.41. The number of carbonyl (C=O) groups excluding carboxylic acids is 1. The summed E-state index contributed by atoms with van der Waals surface area (Å²) in [5.41, 5.74) is 3.64. The highest BCUT2D eigenvalue weighted by Crippen LogP contribution is 2.29. The van der Waals surface area contributed by atoms with Crippen molar-refractivity contribution in [2.24, 2.45) is 0 Å². The molecule has 0 saturated carbocycles. The topological polar surface area (TPSA) is 101 Å². The van der Waals surface area contributed by atoms with Gasteiger partial charge in [-0.15, -0.1) is 0 Å². The minimum atomic E-state index is -0.0102. The van der Waals surface area contributed by atoms with Crippen LogP contribution < -0.4 is 25.7 Å². The molecule has 4 heterocycles. The van der Waals surface area contributed by atoms with Crippen molar-refractivity contribution < 1.29 is 19.0 Å². The van der Waals surface area contributed by atoms with Crippen molar-refractivity contribution >= 4 is 47.4 Å². The molecule has 2 radical (unpaired) electrons. The molecule has 202 valence electrons. The van der Waals surface area contributed by atoms with Gasteiger partial charge in [0, 0.05) is 54.7 Å². The van der Waals surface area contributed by atoms with Gasteiger partial charge in [0.25, 0.3) is 5.91 Å². The quantitative estimate of drug-likeness (QED) is 0.463. The van der Waals surface area contributed by atoms with Crippen LogP contribution in [0.4, 0.5) is 17.3 Å². The van der Waals surface area contributed by atoms with Crippen molar-refractivity contribution in [1.82, 2.24) is 20.2 Å². The van der Waals surface area contributed by atoms with Crippen LogP contribution in [-0.2, 0) is 9.47 Å². The van der Waals surface area contributed by atoms with E-state index in [0.29, 0.717) is 67.8 Å². The minimum Gasteiger partial charge on any atom is -0.488 e. The third kappa shape index (κ3) is 6.10. The number of morpholine rings is 2. The van der Waals surface area contributed by atoms with E-state index in [1.54, 1.807) is 6.20 Å². The summed E-state index contributed by atoms with van der Waals surface area (Å²) in [6.45, 7) is 6.96. The van der Waals surface area contributed by atoms with Crippen LogP contribution in [0.3, 0.4) is 0 Å². The number of piperidine rings is 1. The van der Waals surface area contributed by atoms with E-state index in [-0.39, 0.29) is 12.0 Å². The third-order valence-electron chi connectivity index (χ3n) is 7.35. The van der Waals surface area contributed by atoms with Gasteiger partial charge in [-0.25, -0.2) is 9.97 Å². The monoisotopic (exact) mass is 528 g/mol. The Morgan fingerprint density at radius 1 is 1.00 bits per heavy atom. The number of hydrogen-bond donors (Lipinski definition) is 2. The van der Waals surface area contributed by atoms with Crippen molar-refractivity contribution in [3.05, 3.63) is 42.1 Å². The van der Waals surface area contributed by atoms with Gasteiger partial charge in [0.1, 0.15) is 25.2 Å². The van der Waals surface area contributed by atoms with E-state index in [4.69, 9.17) is 27.0 Å². The van der Waals surface area contributed by atoms with Gasteiger partial charge >= 0.3 is 0 Å². The number of fused-ring (bicyclic) bond motifs is 1. The van der Waals surface area contributed by atoms with E-state index in [1.165, 1.54) is 0 Å². The van der Waals surface area contributed by atoms with Gasteiger partial charge in [-0.2, -0.15) is 0 Å². The van der Waals surface area contributed by atoms with E-state index in [2.05, 4.69) is 20.5 Å². The summed E-state index contributed by atoms with van der Waals surface area (Å²) < 4.78 is 17.3. The van der Waals surface area contributed by atoms with Crippen molar-refractivity contribution in [2.75, 3.05) is 75.9 Å². The summed E-state index contributed by atoms with van der Waals surface area (Å²) in [4.78, 5) is 26.9. The van der Waals surface area contributed by atoms with Crippen LogP contribution in [0.2, 0.25) is 0 Å². The number of amides is 1. The summed E-state index contributed by atoms with van der Waals surface area (Å²) in [7, 11) is 6.16. The van der Waals surface area contributed by atoms with Crippen LogP contribution >= 0.6 is 0 Å². The summed E-state index contributed by atoms with van der Waals surface area (Å²) in [6.07, 6.45) is 3.73. The number of nitrogens with one attached hydrogen (secondary N) is 2. The fourth-order valence-electron chi connectivity index (χ4n) is 5.27. The fourth-order valence-corrected chi connectivity index (χ4v) is 5.27. The highest BCUT2D eigenvalue weighted by atomic mass is 16.5. The predicted octanol–water partition coefficient (Wildman–Crippen LogP) is 1.61. The highest BCUT2D eigenvalue weighted by Gasteiger charge is 2.22. The molecule has 6 rings (SSSR count). The first kappa shape index (κ1) is 25.9. The number of anilines is 3. The van der Waals surface area contributed by atoms with Gasteiger partial charge in [0.2, 0.25) is 5.95 Å². The Bertz CT molecular complexity index is 1320. The summed E-state index contributed by atoms with van der Waals surface area (Å²) in [5, 5.41) is 7.52. The molecule has 0 aliphatic carbocycles. The molecular formula is C28H33BN6O4. The Labute approximate surface area is 229 Å². The normalized spacial score (nSPS) is 18.8. The van der Waals surface area contributed by atoms with Gasteiger partial charge in [-0.1, -0.05) is 11.5 Å². The van der Waals surface area contributed by atoms with Crippen molar-refractivity contribution in [3.63, 3.8) is 0 Å². The molecule has 10 nitrogen and oxygen atoms in total. The van der Waals surface area contributed by atoms with E-state index in [1.807, 2.05) is 35.2 Å². The number of benzene rings is 2. The highest BCUT2D eigenvalue weighted by molar-refractivity contribution is 6.33. The third-order valence-corrected chi connectivity index (χ3v) is 7.35. The van der Waals surface area contributed by atoms with Crippen LogP contribution in [0, 0.1) is 0 Å². The van der Waals surface area contributed by atoms with Gasteiger partial charge in [-0.05, 0) is 50.2 Å². The molecule has 2 aromatic carbocycles. The molecule has 3 fully saturated rings. The molecule has 0 atom stereocenters. The van der Waals surface area contributed by atoms with Gasteiger partial charge in [0.05, 0.1) is 26.4 Å². The van der Waals surface area contributed by atoms with Crippen molar-refractivity contribution in [3.8, 4) is 5.75 Å². The molecule has 3 aromatic rings. The van der Waals surface area contributed by atoms with E-state index in [9.17, 15) is 4.79 Å². The predicted molar refractivity (Wildman–Crippen MR) is 151 cm³/mol. The molecule has 3 aliphatic rings. The van der Waals surface area contributed by atoms with Crippen LogP contribution in [0.25, 0.3) is 10.9 Å². The number of aromatic nitrogens is 2. The first-order chi connectivity index (χ1) is 19.1. The fraction of sp³-hybridized carbons (Fsp3) is 0.464. The molecule has 3 saturated heterocycles. The maximum Gasteiger partial charge on any atom is 0.254 e. The van der Waals surface area contributed by atoms with E-state index < -0.39 is 0 Å². The lowest BCUT2D eigenvalue weighted by atomic mass is 9.94. The van der Waals surface area contributed by atoms with Gasteiger partial charge in [0.15, 0.2) is 0 Å². The molecule has 39 heavy (non-hydrogen) atoms. The smallest absolute Gasteiger partial charge is 0.254 e. The first-order valence-electron chi connectivity index (χ1n) is 13.7. The molecule has 1 amide bonds. The molecular weight excluding hydrogens is 495 g/mol. The Kier molecular flexibility index (Phi) is 7.80. The molecule has 0 spiro atoms. The second-order valence-electron chi connectivity index (χ2n) is 10.1. The molecule has 0 bridgehead atoms. The SMILES string of the molecule is [B]c1cc(OC2CCNCC2)c2nc(Nc3cc(C(=O)N4CCOCC4)cc(N4CCOCC4)c3)ncc2c1. The van der Waals surface area contributed by atoms with Crippen LogP contribution in [0.5, 0.6) is 5.75 Å². The van der Waals surface area contributed by atoms with E-state index >= 15 is 0 Å². The largest absolute Gasteiger partial charge is 0.488 e. The number of carbonyl (C=O) groups is 1. The van der Waals surface area contributed by atoms with Gasteiger partial charge in [-0.3, -0.25) is 4.79 Å². The summed E-state index contributed by atoms with van der Waals surface area (Å²) in [5.74, 6) is 1.07. The Morgan fingerprint density at radius 3 is 2.51 bits per heavy atom. The van der Waals surface area contributed by atoms with Crippen LogP contribution in [0.15, 0.2) is 36.5 Å². The maximum absolute atomic E-state index is 13.4. The second-order valence-corrected chi connectivity index (χ2v) is 10.1. The number of ether oxygens (including phenoxy) is 3. The summed E-state index contributed by atoms with van der Waals surface area (Å²) in [6, 6.07) is 9.55. The lowest BCUT2D eigenvalue weighted by Gasteiger charge is -2.31. The Balaban J connectivity index is 1.31. The number of hydrogen-bond acceptors (Lipinski definition) is 9. The lowest BCUT2D eigenvalue weighted by molar-refractivity contribution is 0.0303. The standard InChI is InChI=1S/C28H33BN6O4/c29-21-13-20-18-31-28(33-26(20)25(16-21)39-24-1-3-30-4-2-24)32-22-14-19(27(36)35-7-11-38-12-8-35)15-23(17-22)34-5-9-37-10-6-34/h13-18,24,30H,1-12H2,(H,31,32,33). The zero-order valence-electron chi connectivity index (χ0n) is 22.0. The zero-order valence-corrected chi connectivity index (χ0v) is 22.0. The number of rotatable bonds is 6. The Morgan fingerprint density at radius 2 is 1.74 bits per heavy atom. The van der Waals surface area contributed by atoms with Gasteiger partial charge < -0.3 is 34.6 Å². The maximum atomic E-state index is 13.4.